The predicted molar refractivity (Wildman–Crippen MR) is 51.8 cm³/mol. The number of amides is 1. The SMILES string of the molecule is C=C(C)OC(=O)Nc1nc(C)cs1. The van der Waals surface area contributed by atoms with E-state index in [0.29, 0.717) is 10.9 Å². The van der Waals surface area contributed by atoms with Gasteiger partial charge in [0.15, 0.2) is 5.13 Å². The third kappa shape index (κ3) is 3.25. The van der Waals surface area contributed by atoms with Crippen molar-refractivity contribution < 1.29 is 9.53 Å². The van der Waals surface area contributed by atoms with Crippen LogP contribution in [0.15, 0.2) is 17.7 Å². The van der Waals surface area contributed by atoms with E-state index in [1.54, 1.807) is 6.92 Å². The molecule has 0 aliphatic heterocycles. The molecule has 1 heterocycles. The van der Waals surface area contributed by atoms with E-state index in [9.17, 15) is 4.79 Å². The first kappa shape index (κ1) is 9.73. The molecule has 0 unspecified atom stereocenters. The fourth-order valence-corrected chi connectivity index (χ4v) is 1.36. The Bertz CT molecular complexity index is 333. The number of aryl methyl sites for hydroxylation is 1. The van der Waals surface area contributed by atoms with Crippen LogP contribution in [0.25, 0.3) is 0 Å². The van der Waals surface area contributed by atoms with Crippen molar-refractivity contribution in [3.05, 3.63) is 23.4 Å². The first-order chi connectivity index (χ1) is 6.08. The number of anilines is 1. The molecule has 1 aromatic heterocycles. The molecule has 13 heavy (non-hydrogen) atoms. The highest BCUT2D eigenvalue weighted by molar-refractivity contribution is 7.13. The Hall–Kier alpha value is -1.36. The number of thiazole rings is 1. The van der Waals surface area contributed by atoms with Crippen molar-refractivity contribution in [3.8, 4) is 0 Å². The maximum atomic E-state index is 11.0. The lowest BCUT2D eigenvalue weighted by atomic mass is 10.6. The van der Waals surface area contributed by atoms with Crippen LogP contribution in [-0.2, 0) is 4.74 Å². The monoisotopic (exact) mass is 198 g/mol. The van der Waals surface area contributed by atoms with Crippen molar-refractivity contribution in [2.45, 2.75) is 13.8 Å². The Labute approximate surface area is 80.3 Å². The molecule has 5 heteroatoms. The van der Waals surface area contributed by atoms with Crippen LogP contribution >= 0.6 is 11.3 Å². The molecule has 1 amide bonds. The van der Waals surface area contributed by atoms with Crippen molar-refractivity contribution in [1.29, 1.82) is 0 Å². The van der Waals surface area contributed by atoms with Gasteiger partial charge < -0.3 is 4.74 Å². The number of aromatic nitrogens is 1. The normalized spacial score (nSPS) is 9.38. The average molecular weight is 198 g/mol. The molecule has 0 spiro atoms. The maximum Gasteiger partial charge on any atom is 0.418 e. The zero-order chi connectivity index (χ0) is 9.84. The fourth-order valence-electron chi connectivity index (χ4n) is 0.682. The Morgan fingerprint density at radius 1 is 1.77 bits per heavy atom. The maximum absolute atomic E-state index is 11.0. The van der Waals surface area contributed by atoms with Crippen LogP contribution in [0.3, 0.4) is 0 Å². The summed E-state index contributed by atoms with van der Waals surface area (Å²) in [4.78, 5) is 15.0. The number of carbonyl (C=O) groups excluding carboxylic acids is 1. The van der Waals surface area contributed by atoms with Crippen LogP contribution < -0.4 is 5.32 Å². The van der Waals surface area contributed by atoms with Crippen molar-refractivity contribution in [1.82, 2.24) is 4.98 Å². The molecule has 0 bridgehead atoms. The summed E-state index contributed by atoms with van der Waals surface area (Å²) in [5.74, 6) is 0.353. The zero-order valence-corrected chi connectivity index (χ0v) is 8.27. The van der Waals surface area contributed by atoms with Gasteiger partial charge in [-0.05, 0) is 13.8 Å². The van der Waals surface area contributed by atoms with Gasteiger partial charge in [-0.15, -0.1) is 11.3 Å². The van der Waals surface area contributed by atoms with Crippen molar-refractivity contribution >= 4 is 22.6 Å². The standard InChI is InChI=1S/C8H10N2O2S/c1-5(2)12-8(11)10-7-9-6(3)4-13-7/h4H,1H2,2-3H3,(H,9,10,11). The lowest BCUT2D eigenvalue weighted by molar-refractivity contribution is 0.192. The minimum atomic E-state index is -0.554. The van der Waals surface area contributed by atoms with Gasteiger partial charge in [-0.2, -0.15) is 0 Å². The summed E-state index contributed by atoms with van der Waals surface area (Å²) in [7, 11) is 0. The molecule has 0 saturated heterocycles. The summed E-state index contributed by atoms with van der Waals surface area (Å²) in [5.41, 5.74) is 0.871. The van der Waals surface area contributed by atoms with Gasteiger partial charge in [0, 0.05) is 5.38 Å². The summed E-state index contributed by atoms with van der Waals surface area (Å²) >= 11 is 1.35. The summed E-state index contributed by atoms with van der Waals surface area (Å²) in [6, 6.07) is 0. The molecule has 1 aromatic rings. The lowest BCUT2D eigenvalue weighted by Gasteiger charge is -2.01. The van der Waals surface area contributed by atoms with Crippen LogP contribution in [0.5, 0.6) is 0 Å². The van der Waals surface area contributed by atoms with E-state index in [1.165, 1.54) is 11.3 Å². The number of ether oxygens (including phenoxy) is 1. The molecule has 0 aliphatic rings. The molecular formula is C8H10N2O2S. The smallest absolute Gasteiger partial charge is 0.416 e. The van der Waals surface area contributed by atoms with E-state index < -0.39 is 6.09 Å². The third-order valence-electron chi connectivity index (χ3n) is 1.09. The average Bonchev–Trinajstić information content (AvgIpc) is 2.33. The molecule has 0 aliphatic carbocycles. The van der Waals surface area contributed by atoms with Gasteiger partial charge in [-0.1, -0.05) is 6.58 Å². The molecule has 0 saturated carbocycles. The van der Waals surface area contributed by atoms with Gasteiger partial charge in [0.2, 0.25) is 0 Å². The predicted octanol–water partition coefficient (Wildman–Crippen LogP) is 2.53. The van der Waals surface area contributed by atoms with Gasteiger partial charge in [-0.3, -0.25) is 5.32 Å². The van der Waals surface area contributed by atoms with Crippen LogP contribution in [0, 0.1) is 6.92 Å². The second kappa shape index (κ2) is 4.04. The third-order valence-corrected chi connectivity index (χ3v) is 1.97. The lowest BCUT2D eigenvalue weighted by Crippen LogP contribution is -2.11. The zero-order valence-electron chi connectivity index (χ0n) is 7.46. The molecule has 0 aromatic carbocycles. The van der Waals surface area contributed by atoms with Gasteiger partial charge in [0.05, 0.1) is 11.5 Å². The number of nitrogens with one attached hydrogen (secondary N) is 1. The van der Waals surface area contributed by atoms with E-state index in [-0.39, 0.29) is 0 Å². The second-order valence-electron chi connectivity index (χ2n) is 2.51. The molecule has 0 fully saturated rings. The molecule has 0 radical (unpaired) electrons. The number of hydrogen-bond acceptors (Lipinski definition) is 4. The van der Waals surface area contributed by atoms with Crippen LogP contribution in [0.4, 0.5) is 9.93 Å². The molecule has 1 N–H and O–H groups in total. The minimum Gasteiger partial charge on any atom is -0.416 e. The minimum absolute atomic E-state index is 0.353. The highest BCUT2D eigenvalue weighted by Crippen LogP contribution is 2.14. The second-order valence-corrected chi connectivity index (χ2v) is 3.37. The first-order valence-corrected chi connectivity index (χ1v) is 4.52. The van der Waals surface area contributed by atoms with Gasteiger partial charge in [-0.25, -0.2) is 9.78 Å². The van der Waals surface area contributed by atoms with Gasteiger partial charge >= 0.3 is 6.09 Å². The topological polar surface area (TPSA) is 51.2 Å². The van der Waals surface area contributed by atoms with E-state index >= 15 is 0 Å². The molecule has 4 nitrogen and oxygen atoms in total. The van der Waals surface area contributed by atoms with Crippen LogP contribution in [0.1, 0.15) is 12.6 Å². The van der Waals surface area contributed by atoms with Gasteiger partial charge in [0.25, 0.3) is 0 Å². The Morgan fingerprint density at radius 2 is 2.46 bits per heavy atom. The Morgan fingerprint density at radius 3 is 2.92 bits per heavy atom. The molecule has 0 atom stereocenters. The highest BCUT2D eigenvalue weighted by atomic mass is 32.1. The van der Waals surface area contributed by atoms with Crippen molar-refractivity contribution in [2.75, 3.05) is 5.32 Å². The summed E-state index contributed by atoms with van der Waals surface area (Å²) in [6.45, 7) is 6.90. The van der Waals surface area contributed by atoms with E-state index in [1.807, 2.05) is 12.3 Å². The Balaban J connectivity index is 2.50. The van der Waals surface area contributed by atoms with Crippen LogP contribution in [0.2, 0.25) is 0 Å². The Kier molecular flexibility index (Phi) is 3.02. The molecular weight excluding hydrogens is 188 g/mol. The molecule has 1 rings (SSSR count). The van der Waals surface area contributed by atoms with Crippen LogP contribution in [-0.4, -0.2) is 11.1 Å². The number of carbonyl (C=O) groups is 1. The fraction of sp³-hybridized carbons (Fsp3) is 0.250. The number of rotatable bonds is 2. The van der Waals surface area contributed by atoms with E-state index in [2.05, 4.69) is 21.6 Å². The van der Waals surface area contributed by atoms with Crippen molar-refractivity contribution in [2.24, 2.45) is 0 Å². The van der Waals surface area contributed by atoms with E-state index in [4.69, 9.17) is 0 Å². The van der Waals surface area contributed by atoms with Crippen molar-refractivity contribution in [3.63, 3.8) is 0 Å². The summed E-state index contributed by atoms with van der Waals surface area (Å²) in [5, 5.41) is 4.85. The molecule has 70 valence electrons. The highest BCUT2D eigenvalue weighted by Gasteiger charge is 2.05. The summed E-state index contributed by atoms with van der Waals surface area (Å²) < 4.78 is 4.69. The number of hydrogen-bond donors (Lipinski definition) is 1. The van der Waals surface area contributed by atoms with Gasteiger partial charge in [0.1, 0.15) is 0 Å². The quantitative estimate of drug-likeness (QED) is 0.743. The number of allylic oxidation sites excluding steroid dienone is 1. The summed E-state index contributed by atoms with van der Waals surface area (Å²) in [6.07, 6.45) is -0.554. The first-order valence-electron chi connectivity index (χ1n) is 3.64. The number of nitrogens with zero attached hydrogens (tertiary/aromatic N) is 1. The largest absolute Gasteiger partial charge is 0.418 e. The van der Waals surface area contributed by atoms with E-state index in [0.717, 1.165) is 5.69 Å².